The third kappa shape index (κ3) is 7.94. The van der Waals surface area contributed by atoms with Crippen LogP contribution in [0.4, 0.5) is 0 Å². The maximum atomic E-state index is 10.6. The van der Waals surface area contributed by atoms with E-state index in [1.165, 1.54) is 11.1 Å². The Morgan fingerprint density at radius 2 is 1.68 bits per heavy atom. The van der Waals surface area contributed by atoms with Crippen molar-refractivity contribution in [2.45, 2.75) is 63.3 Å². The standard InChI is InChI=1S/C29H36O5/c30-24(17-14-21-12-15-23(16-13-21)22-8-4-3-5-9-22)18-19-26-25(27(31)20-28(26)32)10-6-1-2-7-11-29(33)34/h1,3-6,8-9,12-13,15-16,18-19,24-28,30-32H,2,7,10-11,14,17,20H2,(H,33,34)/b6-1-,19-18+/t24?,25-,26-,27+,28-/m1/s1. The highest BCUT2D eigenvalue weighted by atomic mass is 16.4. The molecular formula is C29H36O5. The van der Waals surface area contributed by atoms with E-state index in [2.05, 4.69) is 36.4 Å². The number of carbonyl (C=O) groups is 1. The fourth-order valence-corrected chi connectivity index (χ4v) is 4.61. The number of aliphatic hydroxyl groups excluding tert-OH is 3. The van der Waals surface area contributed by atoms with Gasteiger partial charge in [0.25, 0.3) is 0 Å². The maximum absolute atomic E-state index is 10.6. The van der Waals surface area contributed by atoms with Crippen LogP contribution in [0.2, 0.25) is 0 Å². The van der Waals surface area contributed by atoms with Crippen molar-refractivity contribution in [1.29, 1.82) is 0 Å². The summed E-state index contributed by atoms with van der Waals surface area (Å²) >= 11 is 0. The maximum Gasteiger partial charge on any atom is 0.303 e. The van der Waals surface area contributed by atoms with E-state index in [1.54, 1.807) is 6.08 Å². The second-order valence-corrected chi connectivity index (χ2v) is 9.16. The van der Waals surface area contributed by atoms with E-state index in [0.717, 1.165) is 12.0 Å². The molecule has 0 radical (unpaired) electrons. The molecule has 2 aromatic carbocycles. The SMILES string of the molecule is O=C(O)CCC/C=C\C[C@@H]1[C@@H](/C=C/C(O)CCc2ccc(-c3ccccc3)cc2)[C@H](O)C[C@@H]1O. The Balaban J connectivity index is 1.47. The molecule has 34 heavy (non-hydrogen) atoms. The summed E-state index contributed by atoms with van der Waals surface area (Å²) in [6, 6.07) is 18.6. The summed E-state index contributed by atoms with van der Waals surface area (Å²) in [5.41, 5.74) is 3.51. The van der Waals surface area contributed by atoms with Crippen molar-refractivity contribution in [3.63, 3.8) is 0 Å². The second kappa shape index (κ2) is 13.2. The highest BCUT2D eigenvalue weighted by molar-refractivity contribution is 5.66. The van der Waals surface area contributed by atoms with Gasteiger partial charge in [0.1, 0.15) is 0 Å². The predicted molar refractivity (Wildman–Crippen MR) is 134 cm³/mol. The molecule has 0 aromatic heterocycles. The molecule has 3 rings (SSSR count). The van der Waals surface area contributed by atoms with Crippen molar-refractivity contribution >= 4 is 5.97 Å². The first-order valence-corrected chi connectivity index (χ1v) is 12.2. The number of aliphatic hydroxyl groups is 3. The van der Waals surface area contributed by atoms with Crippen LogP contribution in [0.5, 0.6) is 0 Å². The van der Waals surface area contributed by atoms with Gasteiger partial charge in [0, 0.05) is 18.8 Å². The van der Waals surface area contributed by atoms with E-state index in [9.17, 15) is 20.1 Å². The summed E-state index contributed by atoms with van der Waals surface area (Å²) in [7, 11) is 0. The van der Waals surface area contributed by atoms with Gasteiger partial charge >= 0.3 is 5.97 Å². The van der Waals surface area contributed by atoms with E-state index in [4.69, 9.17) is 5.11 Å². The summed E-state index contributed by atoms with van der Waals surface area (Å²) in [6.45, 7) is 0. The lowest BCUT2D eigenvalue weighted by atomic mass is 9.89. The third-order valence-electron chi connectivity index (χ3n) is 6.60. The van der Waals surface area contributed by atoms with Crippen molar-refractivity contribution in [3.05, 3.63) is 84.5 Å². The van der Waals surface area contributed by atoms with E-state index >= 15 is 0 Å². The molecule has 0 amide bonds. The van der Waals surface area contributed by atoms with E-state index in [0.29, 0.717) is 32.1 Å². The number of unbranched alkanes of at least 4 members (excludes halogenated alkanes) is 1. The Hall–Kier alpha value is -2.73. The van der Waals surface area contributed by atoms with Crippen LogP contribution in [0.15, 0.2) is 78.9 Å². The Morgan fingerprint density at radius 3 is 2.38 bits per heavy atom. The minimum atomic E-state index is -0.796. The first-order valence-electron chi connectivity index (χ1n) is 12.2. The zero-order chi connectivity index (χ0) is 24.3. The zero-order valence-corrected chi connectivity index (χ0v) is 19.5. The van der Waals surface area contributed by atoms with Crippen molar-refractivity contribution < 1.29 is 25.2 Å². The average Bonchev–Trinajstić information content (AvgIpc) is 3.11. The van der Waals surface area contributed by atoms with Crippen LogP contribution in [0.25, 0.3) is 11.1 Å². The number of carboxylic acids is 1. The van der Waals surface area contributed by atoms with Crippen molar-refractivity contribution in [1.82, 2.24) is 0 Å². The van der Waals surface area contributed by atoms with Crippen molar-refractivity contribution in [2.75, 3.05) is 0 Å². The van der Waals surface area contributed by atoms with Crippen LogP contribution in [0.3, 0.4) is 0 Å². The van der Waals surface area contributed by atoms with Gasteiger partial charge in [-0.1, -0.05) is 78.9 Å². The van der Waals surface area contributed by atoms with Gasteiger partial charge in [-0.05, 0) is 54.7 Å². The van der Waals surface area contributed by atoms with Crippen LogP contribution >= 0.6 is 0 Å². The molecule has 1 saturated carbocycles. The third-order valence-corrected chi connectivity index (χ3v) is 6.60. The molecule has 1 aliphatic carbocycles. The van der Waals surface area contributed by atoms with Gasteiger partial charge < -0.3 is 20.4 Å². The lowest BCUT2D eigenvalue weighted by Gasteiger charge is -2.19. The molecule has 0 spiro atoms. The predicted octanol–water partition coefficient (Wildman–Crippen LogP) is 4.76. The summed E-state index contributed by atoms with van der Waals surface area (Å²) in [5.74, 6) is -1.12. The minimum absolute atomic E-state index is 0.111. The topological polar surface area (TPSA) is 98.0 Å². The number of hydrogen-bond donors (Lipinski definition) is 4. The monoisotopic (exact) mass is 464 g/mol. The number of carboxylic acid groups (broad SMARTS) is 1. The molecule has 4 N–H and O–H groups in total. The highest BCUT2D eigenvalue weighted by Crippen LogP contribution is 2.36. The molecule has 0 bridgehead atoms. The number of rotatable bonds is 12. The van der Waals surface area contributed by atoms with Gasteiger partial charge in [-0.2, -0.15) is 0 Å². The fourth-order valence-electron chi connectivity index (χ4n) is 4.61. The summed E-state index contributed by atoms with van der Waals surface area (Å²) in [6.07, 6.45) is 9.36. The number of aryl methyl sites for hydroxylation is 1. The molecule has 0 saturated heterocycles. The van der Waals surface area contributed by atoms with Gasteiger partial charge in [0.15, 0.2) is 0 Å². The quantitative estimate of drug-likeness (QED) is 0.268. The first kappa shape index (κ1) is 25.9. The lowest BCUT2D eigenvalue weighted by Crippen LogP contribution is -2.20. The van der Waals surface area contributed by atoms with Crippen LogP contribution in [0, 0.1) is 11.8 Å². The van der Waals surface area contributed by atoms with Gasteiger partial charge in [0.2, 0.25) is 0 Å². The summed E-state index contributed by atoms with van der Waals surface area (Å²) in [4.78, 5) is 10.6. The van der Waals surface area contributed by atoms with Crippen LogP contribution in [-0.2, 0) is 11.2 Å². The summed E-state index contributed by atoms with van der Waals surface area (Å²) < 4.78 is 0. The molecule has 1 aliphatic rings. The second-order valence-electron chi connectivity index (χ2n) is 9.16. The number of allylic oxidation sites excluding steroid dienone is 2. The smallest absolute Gasteiger partial charge is 0.303 e. The molecule has 0 heterocycles. The van der Waals surface area contributed by atoms with E-state index in [-0.39, 0.29) is 18.3 Å². The van der Waals surface area contributed by atoms with E-state index in [1.807, 2.05) is 36.4 Å². The molecular weight excluding hydrogens is 428 g/mol. The molecule has 5 nitrogen and oxygen atoms in total. The van der Waals surface area contributed by atoms with Gasteiger partial charge in [-0.15, -0.1) is 0 Å². The molecule has 1 fully saturated rings. The van der Waals surface area contributed by atoms with Crippen LogP contribution in [0.1, 0.15) is 44.1 Å². The molecule has 0 aliphatic heterocycles. The number of hydrogen-bond acceptors (Lipinski definition) is 4. The van der Waals surface area contributed by atoms with Gasteiger partial charge in [-0.3, -0.25) is 4.79 Å². The first-order chi connectivity index (χ1) is 16.4. The van der Waals surface area contributed by atoms with Gasteiger partial charge in [-0.25, -0.2) is 0 Å². The van der Waals surface area contributed by atoms with Crippen LogP contribution in [-0.4, -0.2) is 44.7 Å². The van der Waals surface area contributed by atoms with Crippen molar-refractivity contribution in [3.8, 4) is 11.1 Å². The van der Waals surface area contributed by atoms with E-state index < -0.39 is 24.3 Å². The molecule has 182 valence electrons. The Bertz CT molecular complexity index is 935. The lowest BCUT2D eigenvalue weighted by molar-refractivity contribution is -0.137. The van der Waals surface area contributed by atoms with Crippen molar-refractivity contribution in [2.24, 2.45) is 11.8 Å². The Kier molecular flexibility index (Phi) is 10.1. The molecule has 5 heteroatoms. The normalized spacial score (nSPS) is 23.6. The molecule has 2 aromatic rings. The minimum Gasteiger partial charge on any atom is -0.481 e. The Morgan fingerprint density at radius 1 is 0.971 bits per heavy atom. The average molecular weight is 465 g/mol. The highest BCUT2D eigenvalue weighted by Gasteiger charge is 2.39. The number of benzene rings is 2. The largest absolute Gasteiger partial charge is 0.481 e. The Labute approximate surface area is 202 Å². The fraction of sp³-hybridized carbons (Fsp3) is 0.414. The molecule has 1 unspecified atom stereocenters. The summed E-state index contributed by atoms with van der Waals surface area (Å²) in [5, 5.41) is 39.9. The van der Waals surface area contributed by atoms with Crippen LogP contribution < -0.4 is 0 Å². The van der Waals surface area contributed by atoms with Gasteiger partial charge in [0.05, 0.1) is 18.3 Å². The molecule has 5 atom stereocenters. The number of aliphatic carboxylic acids is 1. The zero-order valence-electron chi connectivity index (χ0n) is 19.5.